The molecule has 5 rings (SSSR count). The largest absolute Gasteiger partial charge is 0.414 e. The van der Waals surface area contributed by atoms with E-state index in [2.05, 4.69) is 117 Å². The molecule has 3 N–H and O–H groups in total. The summed E-state index contributed by atoms with van der Waals surface area (Å²) in [5.41, 5.74) is 8.02. The SMILES string of the molecule is CC(C)(C)[Si](C)(C)OC[C@H]1O[C@@H](n2ccc(N)nc2=O)CC1NC(c1ccccc1)(c1ccccc1)c1ccccc1. The van der Waals surface area contributed by atoms with E-state index < -0.39 is 25.8 Å². The van der Waals surface area contributed by atoms with E-state index in [4.69, 9.17) is 14.9 Å². The fraction of sp³-hybridized carbons (Fsp3) is 0.353. The number of benzene rings is 3. The van der Waals surface area contributed by atoms with E-state index in [9.17, 15) is 4.79 Å². The van der Waals surface area contributed by atoms with E-state index in [0.29, 0.717) is 13.0 Å². The van der Waals surface area contributed by atoms with Gasteiger partial charge in [0, 0.05) is 18.7 Å². The van der Waals surface area contributed by atoms with Crippen LogP contribution in [0.5, 0.6) is 0 Å². The van der Waals surface area contributed by atoms with Crippen LogP contribution in [0.1, 0.15) is 50.1 Å². The van der Waals surface area contributed by atoms with Gasteiger partial charge in [0.2, 0.25) is 0 Å². The first-order chi connectivity index (χ1) is 20.0. The number of hydrogen-bond donors (Lipinski definition) is 2. The summed E-state index contributed by atoms with van der Waals surface area (Å²) in [7, 11) is -2.08. The van der Waals surface area contributed by atoms with Gasteiger partial charge in [-0.05, 0) is 40.9 Å². The molecule has 1 aliphatic heterocycles. The van der Waals surface area contributed by atoms with Crippen molar-refractivity contribution in [2.45, 2.75) is 69.2 Å². The van der Waals surface area contributed by atoms with Crippen molar-refractivity contribution in [3.63, 3.8) is 0 Å². The summed E-state index contributed by atoms with van der Waals surface area (Å²) in [4.78, 5) is 16.8. The minimum absolute atomic E-state index is 0.0492. The second kappa shape index (κ2) is 12.0. The van der Waals surface area contributed by atoms with Crippen molar-refractivity contribution < 1.29 is 9.16 Å². The van der Waals surface area contributed by atoms with Crippen LogP contribution >= 0.6 is 0 Å². The third-order valence-corrected chi connectivity index (χ3v) is 13.3. The van der Waals surface area contributed by atoms with Gasteiger partial charge in [0.25, 0.3) is 0 Å². The van der Waals surface area contributed by atoms with Gasteiger partial charge in [0.05, 0.1) is 18.2 Å². The number of rotatable bonds is 9. The maximum atomic E-state index is 12.9. The lowest BCUT2D eigenvalue weighted by molar-refractivity contribution is -0.0274. The van der Waals surface area contributed by atoms with Crippen LogP contribution in [0, 0.1) is 0 Å². The molecule has 1 aliphatic rings. The molecule has 0 aliphatic carbocycles. The van der Waals surface area contributed by atoms with Crippen molar-refractivity contribution >= 4 is 14.1 Å². The van der Waals surface area contributed by atoms with Gasteiger partial charge in [-0.3, -0.25) is 9.88 Å². The molecule has 2 heterocycles. The number of nitrogens with zero attached hydrogens (tertiary/aromatic N) is 2. The maximum Gasteiger partial charge on any atom is 0.351 e. The highest BCUT2D eigenvalue weighted by atomic mass is 28.4. The van der Waals surface area contributed by atoms with Crippen molar-refractivity contribution in [1.29, 1.82) is 0 Å². The Kier molecular flexibility index (Phi) is 8.53. The normalized spacial score (nSPS) is 19.6. The Labute approximate surface area is 249 Å². The molecule has 0 radical (unpaired) electrons. The first kappa shape index (κ1) is 29.9. The van der Waals surface area contributed by atoms with Crippen molar-refractivity contribution in [2.24, 2.45) is 0 Å². The molecule has 1 fully saturated rings. The van der Waals surface area contributed by atoms with Gasteiger partial charge >= 0.3 is 5.69 Å². The highest BCUT2D eigenvalue weighted by molar-refractivity contribution is 6.74. The molecule has 0 saturated carbocycles. The fourth-order valence-electron chi connectivity index (χ4n) is 5.45. The first-order valence-electron chi connectivity index (χ1n) is 14.6. The average molecular weight is 583 g/mol. The maximum absolute atomic E-state index is 12.9. The van der Waals surface area contributed by atoms with Gasteiger partial charge in [-0.1, -0.05) is 112 Å². The van der Waals surface area contributed by atoms with E-state index in [1.54, 1.807) is 12.3 Å². The molecule has 3 aromatic carbocycles. The number of anilines is 1. The Morgan fingerprint density at radius 1 is 0.905 bits per heavy atom. The Morgan fingerprint density at radius 2 is 1.40 bits per heavy atom. The molecule has 1 aromatic heterocycles. The number of aromatic nitrogens is 2. The van der Waals surface area contributed by atoms with Crippen molar-refractivity contribution in [2.75, 3.05) is 12.3 Å². The van der Waals surface area contributed by atoms with Crippen molar-refractivity contribution in [1.82, 2.24) is 14.9 Å². The van der Waals surface area contributed by atoms with E-state index in [1.165, 1.54) is 4.57 Å². The molecule has 0 spiro atoms. The van der Waals surface area contributed by atoms with Crippen LogP contribution in [-0.4, -0.2) is 36.6 Å². The van der Waals surface area contributed by atoms with Gasteiger partial charge in [-0.2, -0.15) is 4.98 Å². The number of ether oxygens (including phenoxy) is 1. The van der Waals surface area contributed by atoms with Gasteiger partial charge in [-0.25, -0.2) is 4.79 Å². The second-order valence-electron chi connectivity index (χ2n) is 12.6. The molecule has 8 heteroatoms. The van der Waals surface area contributed by atoms with Crippen LogP contribution in [0.2, 0.25) is 18.1 Å². The molecule has 4 aromatic rings. The van der Waals surface area contributed by atoms with E-state index in [-0.39, 0.29) is 23.0 Å². The zero-order valence-electron chi connectivity index (χ0n) is 25.2. The molecule has 220 valence electrons. The van der Waals surface area contributed by atoms with Crippen molar-refractivity contribution in [3.05, 3.63) is 130 Å². The fourth-order valence-corrected chi connectivity index (χ4v) is 6.47. The molecule has 7 nitrogen and oxygen atoms in total. The summed E-state index contributed by atoms with van der Waals surface area (Å²) < 4.78 is 14.9. The van der Waals surface area contributed by atoms with E-state index in [0.717, 1.165) is 16.7 Å². The minimum atomic E-state index is -2.08. The lowest BCUT2D eigenvalue weighted by atomic mass is 9.76. The number of nitrogens with two attached hydrogens (primary N) is 1. The van der Waals surface area contributed by atoms with E-state index in [1.807, 2.05) is 18.2 Å². The van der Waals surface area contributed by atoms with Gasteiger partial charge < -0.3 is 14.9 Å². The highest BCUT2D eigenvalue weighted by Crippen LogP contribution is 2.41. The number of hydrogen-bond acceptors (Lipinski definition) is 6. The second-order valence-corrected chi connectivity index (χ2v) is 17.4. The average Bonchev–Trinajstić information content (AvgIpc) is 3.37. The Morgan fingerprint density at radius 3 is 1.86 bits per heavy atom. The Hall–Kier alpha value is -3.56. The van der Waals surface area contributed by atoms with Crippen LogP contribution in [-0.2, 0) is 14.7 Å². The van der Waals surface area contributed by atoms with Crippen LogP contribution < -0.4 is 16.7 Å². The molecule has 0 bridgehead atoms. The number of nitrogen functional groups attached to an aromatic ring is 1. The van der Waals surface area contributed by atoms with Crippen LogP contribution in [0.3, 0.4) is 0 Å². The monoisotopic (exact) mass is 582 g/mol. The molecule has 0 amide bonds. The van der Waals surface area contributed by atoms with Gasteiger partial charge in [-0.15, -0.1) is 0 Å². The van der Waals surface area contributed by atoms with Gasteiger partial charge in [0.1, 0.15) is 12.0 Å². The van der Waals surface area contributed by atoms with Crippen LogP contribution in [0.15, 0.2) is 108 Å². The summed E-state index contributed by atoms with van der Waals surface area (Å²) in [6.07, 6.45) is 1.38. The van der Waals surface area contributed by atoms with Crippen LogP contribution in [0.25, 0.3) is 0 Å². The molecular formula is C34H42N4O3Si. The Bertz CT molecular complexity index is 1420. The predicted molar refractivity (Wildman–Crippen MR) is 171 cm³/mol. The number of nitrogens with one attached hydrogen (secondary N) is 1. The third kappa shape index (κ3) is 5.98. The zero-order valence-corrected chi connectivity index (χ0v) is 26.2. The zero-order chi connectivity index (χ0) is 30.0. The molecular weight excluding hydrogens is 540 g/mol. The molecule has 42 heavy (non-hydrogen) atoms. The van der Waals surface area contributed by atoms with Crippen molar-refractivity contribution in [3.8, 4) is 0 Å². The van der Waals surface area contributed by atoms with E-state index >= 15 is 0 Å². The van der Waals surface area contributed by atoms with Gasteiger partial charge in [0.15, 0.2) is 8.32 Å². The summed E-state index contributed by atoms with van der Waals surface area (Å²) in [5, 5.41) is 4.13. The lowest BCUT2D eigenvalue weighted by Crippen LogP contribution is -2.54. The Balaban J connectivity index is 1.61. The topological polar surface area (TPSA) is 91.4 Å². The molecule has 1 saturated heterocycles. The summed E-state index contributed by atoms with van der Waals surface area (Å²) in [6.45, 7) is 11.6. The molecule has 1 unspecified atom stereocenters. The lowest BCUT2D eigenvalue weighted by Gasteiger charge is -2.41. The molecule has 3 atom stereocenters. The standard InChI is InChI=1S/C34H42N4O3Si/c1-33(2,3)42(4,5)40-24-29-28(23-31(41-29)38-22-21-30(35)36-32(38)39)37-34(25-15-9-6-10-16-25,26-17-11-7-12-18-26)27-19-13-8-14-20-27/h6-22,28-29,31,37H,23-24H2,1-5H3,(H2,35,36,39)/t28?,29-,31-/m1/s1. The highest BCUT2D eigenvalue weighted by Gasteiger charge is 2.46. The summed E-state index contributed by atoms with van der Waals surface area (Å²) in [6, 6.07) is 33.0. The predicted octanol–water partition coefficient (Wildman–Crippen LogP) is 6.09. The first-order valence-corrected chi connectivity index (χ1v) is 17.5. The van der Waals surface area contributed by atoms with Crippen LogP contribution in [0.4, 0.5) is 5.82 Å². The summed E-state index contributed by atoms with van der Waals surface area (Å²) in [5.74, 6) is 0.193. The quantitative estimate of drug-likeness (QED) is 0.183. The summed E-state index contributed by atoms with van der Waals surface area (Å²) >= 11 is 0. The minimum Gasteiger partial charge on any atom is -0.414 e. The third-order valence-electron chi connectivity index (χ3n) is 8.83. The smallest absolute Gasteiger partial charge is 0.351 e.